The Kier molecular flexibility index (Phi) is 5.02. The highest BCUT2D eigenvalue weighted by molar-refractivity contribution is 7.91. The van der Waals surface area contributed by atoms with E-state index >= 15 is 0 Å². The zero-order valence-corrected chi connectivity index (χ0v) is 11.5. The van der Waals surface area contributed by atoms with E-state index in [0.717, 1.165) is 12.1 Å². The fourth-order valence-electron chi connectivity index (χ4n) is 1.60. The highest BCUT2D eigenvalue weighted by Gasteiger charge is 2.21. The number of carboxylic acids is 1. The van der Waals surface area contributed by atoms with Gasteiger partial charge in [-0.15, -0.1) is 0 Å². The third-order valence-electron chi connectivity index (χ3n) is 2.64. The molecule has 1 aromatic carbocycles. The van der Waals surface area contributed by atoms with Gasteiger partial charge in [0.05, 0.1) is 16.2 Å². The topological polar surface area (TPSA) is 80.7 Å². The van der Waals surface area contributed by atoms with E-state index < -0.39 is 21.6 Å². The van der Waals surface area contributed by atoms with E-state index in [0.29, 0.717) is 0 Å². The van der Waals surface area contributed by atoms with Crippen molar-refractivity contribution in [2.75, 3.05) is 19.5 Å². The van der Waals surface area contributed by atoms with Crippen LogP contribution in [0.1, 0.15) is 22.3 Å². The molecule has 0 aliphatic rings. The van der Waals surface area contributed by atoms with Crippen molar-refractivity contribution < 1.29 is 27.4 Å². The summed E-state index contributed by atoms with van der Waals surface area (Å²) in [6.07, 6.45) is 0.261. The third kappa shape index (κ3) is 3.74. The van der Waals surface area contributed by atoms with Gasteiger partial charge in [-0.25, -0.2) is 17.6 Å². The molecule has 0 radical (unpaired) electrons. The van der Waals surface area contributed by atoms with Crippen LogP contribution < -0.4 is 0 Å². The maximum absolute atomic E-state index is 13.6. The first-order valence-electron chi connectivity index (χ1n) is 5.54. The molecule has 0 aromatic heterocycles. The largest absolute Gasteiger partial charge is 0.478 e. The highest BCUT2D eigenvalue weighted by Crippen LogP contribution is 2.22. The molecule has 1 aromatic rings. The van der Waals surface area contributed by atoms with Gasteiger partial charge >= 0.3 is 5.97 Å². The average Bonchev–Trinajstić information content (AvgIpc) is 2.32. The number of aromatic carboxylic acids is 1. The number of benzene rings is 1. The van der Waals surface area contributed by atoms with Gasteiger partial charge in [-0.1, -0.05) is 0 Å². The van der Waals surface area contributed by atoms with Crippen molar-refractivity contribution in [3.05, 3.63) is 29.1 Å². The van der Waals surface area contributed by atoms with Crippen LogP contribution in [-0.4, -0.2) is 39.0 Å². The number of sulfone groups is 1. The van der Waals surface area contributed by atoms with Gasteiger partial charge < -0.3 is 9.84 Å². The molecule has 0 saturated carbocycles. The zero-order valence-electron chi connectivity index (χ0n) is 10.6. The molecule has 0 aliphatic carbocycles. The number of carbonyl (C=O) groups is 1. The number of carboxylic acid groups (broad SMARTS) is 1. The van der Waals surface area contributed by atoms with Crippen LogP contribution in [0.25, 0.3) is 0 Å². The Morgan fingerprint density at radius 1 is 1.42 bits per heavy atom. The standard InChI is InChI=1S/C12H15FO5S/c1-8-10(13)6-9(12(14)15)7-11(8)19(16,17)5-3-4-18-2/h6-7H,3-5H2,1-2H3,(H,14,15). The van der Waals surface area contributed by atoms with Crippen LogP contribution in [0.3, 0.4) is 0 Å². The monoisotopic (exact) mass is 290 g/mol. The van der Waals surface area contributed by atoms with Crippen molar-refractivity contribution in [3.8, 4) is 0 Å². The molecule has 0 saturated heterocycles. The van der Waals surface area contributed by atoms with E-state index in [1.165, 1.54) is 14.0 Å². The molecule has 1 rings (SSSR count). The molecule has 0 amide bonds. The zero-order chi connectivity index (χ0) is 14.6. The molecular formula is C12H15FO5S. The van der Waals surface area contributed by atoms with E-state index in [1.54, 1.807) is 0 Å². The molecule has 0 heterocycles. The number of methoxy groups -OCH3 is 1. The maximum atomic E-state index is 13.6. The molecule has 0 spiro atoms. The lowest BCUT2D eigenvalue weighted by molar-refractivity contribution is 0.0696. The van der Waals surface area contributed by atoms with Gasteiger partial charge in [0.1, 0.15) is 5.82 Å². The minimum atomic E-state index is -3.73. The summed E-state index contributed by atoms with van der Waals surface area (Å²) in [4.78, 5) is 10.5. The van der Waals surface area contributed by atoms with Crippen molar-refractivity contribution in [1.82, 2.24) is 0 Å². The Bertz CT molecular complexity index is 580. The summed E-state index contributed by atoms with van der Waals surface area (Å²) >= 11 is 0. The minimum absolute atomic E-state index is 0.0672. The molecule has 5 nitrogen and oxygen atoms in total. The van der Waals surface area contributed by atoms with E-state index in [9.17, 15) is 17.6 Å². The van der Waals surface area contributed by atoms with Crippen molar-refractivity contribution in [2.24, 2.45) is 0 Å². The average molecular weight is 290 g/mol. The molecule has 0 atom stereocenters. The summed E-state index contributed by atoms with van der Waals surface area (Å²) in [5, 5.41) is 8.82. The van der Waals surface area contributed by atoms with Crippen LogP contribution in [0, 0.1) is 12.7 Å². The molecule has 0 fully saturated rings. The predicted molar refractivity (Wildman–Crippen MR) is 66.6 cm³/mol. The van der Waals surface area contributed by atoms with Gasteiger partial charge in [0, 0.05) is 19.3 Å². The number of halogens is 1. The third-order valence-corrected chi connectivity index (χ3v) is 4.56. The Morgan fingerprint density at radius 2 is 2.05 bits per heavy atom. The molecule has 0 unspecified atom stereocenters. The van der Waals surface area contributed by atoms with Crippen LogP contribution >= 0.6 is 0 Å². The van der Waals surface area contributed by atoms with Gasteiger partial charge in [0.2, 0.25) is 0 Å². The summed E-state index contributed by atoms with van der Waals surface area (Å²) < 4.78 is 42.4. The van der Waals surface area contributed by atoms with E-state index in [1.807, 2.05) is 0 Å². The quantitative estimate of drug-likeness (QED) is 0.806. The first-order chi connectivity index (χ1) is 8.79. The fourth-order valence-corrected chi connectivity index (χ4v) is 3.19. The van der Waals surface area contributed by atoms with Crippen molar-refractivity contribution >= 4 is 15.8 Å². The SMILES string of the molecule is COCCCS(=O)(=O)c1cc(C(=O)O)cc(F)c1C. The second-order valence-electron chi connectivity index (χ2n) is 4.05. The summed E-state index contributed by atoms with van der Waals surface area (Å²) in [6.45, 7) is 1.57. The van der Waals surface area contributed by atoms with E-state index in [-0.39, 0.29) is 34.8 Å². The van der Waals surface area contributed by atoms with E-state index in [4.69, 9.17) is 9.84 Å². The molecule has 1 N–H and O–H groups in total. The van der Waals surface area contributed by atoms with Gasteiger partial charge in [0.25, 0.3) is 0 Å². The van der Waals surface area contributed by atoms with Crippen LogP contribution in [-0.2, 0) is 14.6 Å². The Labute approximate surface area is 110 Å². The normalized spacial score (nSPS) is 11.5. The summed E-state index contributed by atoms with van der Waals surface area (Å²) in [5.41, 5.74) is -0.448. The van der Waals surface area contributed by atoms with Crippen molar-refractivity contribution in [2.45, 2.75) is 18.2 Å². The van der Waals surface area contributed by atoms with Crippen LogP contribution in [0.15, 0.2) is 17.0 Å². The van der Waals surface area contributed by atoms with Crippen LogP contribution in [0.4, 0.5) is 4.39 Å². The Morgan fingerprint density at radius 3 is 2.58 bits per heavy atom. The Balaban J connectivity index is 3.21. The number of ether oxygens (including phenoxy) is 1. The molecule has 7 heteroatoms. The van der Waals surface area contributed by atoms with Gasteiger partial charge in [-0.05, 0) is 25.5 Å². The predicted octanol–water partition coefficient (Wildman–Crippen LogP) is 1.64. The lowest BCUT2D eigenvalue weighted by atomic mass is 10.1. The second kappa shape index (κ2) is 6.12. The molecule has 0 aliphatic heterocycles. The lowest BCUT2D eigenvalue weighted by Gasteiger charge is -2.09. The second-order valence-corrected chi connectivity index (χ2v) is 6.13. The molecular weight excluding hydrogens is 275 g/mol. The first-order valence-corrected chi connectivity index (χ1v) is 7.20. The summed E-state index contributed by atoms with van der Waals surface area (Å²) in [5.74, 6) is -2.43. The lowest BCUT2D eigenvalue weighted by Crippen LogP contribution is -2.13. The van der Waals surface area contributed by atoms with E-state index in [2.05, 4.69) is 0 Å². The first kappa shape index (κ1) is 15.6. The fraction of sp³-hybridized carbons (Fsp3) is 0.417. The van der Waals surface area contributed by atoms with Gasteiger partial charge in [0.15, 0.2) is 9.84 Å². The maximum Gasteiger partial charge on any atom is 0.335 e. The molecule has 106 valence electrons. The number of hydrogen-bond donors (Lipinski definition) is 1. The number of rotatable bonds is 6. The summed E-state index contributed by atoms with van der Waals surface area (Å²) in [6, 6.07) is 1.80. The van der Waals surface area contributed by atoms with Gasteiger partial charge in [-0.2, -0.15) is 0 Å². The smallest absolute Gasteiger partial charge is 0.335 e. The number of hydrogen-bond acceptors (Lipinski definition) is 4. The summed E-state index contributed by atoms with van der Waals surface area (Å²) in [7, 11) is -2.28. The molecule has 19 heavy (non-hydrogen) atoms. The van der Waals surface area contributed by atoms with Crippen LogP contribution in [0.2, 0.25) is 0 Å². The van der Waals surface area contributed by atoms with Crippen LogP contribution in [0.5, 0.6) is 0 Å². The van der Waals surface area contributed by atoms with Crippen molar-refractivity contribution in [3.63, 3.8) is 0 Å². The van der Waals surface area contributed by atoms with Crippen molar-refractivity contribution in [1.29, 1.82) is 0 Å². The Hall–Kier alpha value is -1.47. The van der Waals surface area contributed by atoms with Gasteiger partial charge in [-0.3, -0.25) is 0 Å². The highest BCUT2D eigenvalue weighted by atomic mass is 32.2. The minimum Gasteiger partial charge on any atom is -0.478 e. The molecule has 0 bridgehead atoms.